The van der Waals surface area contributed by atoms with E-state index in [1.807, 2.05) is 0 Å². The number of sulfonamides is 2. The van der Waals surface area contributed by atoms with E-state index in [4.69, 9.17) is 37.1 Å². The number of nitro benzene ring substituents is 2. The van der Waals surface area contributed by atoms with Crippen molar-refractivity contribution in [2.24, 2.45) is 27.8 Å². The SMILES string of the molecule is C.N.NCC1CCOCC1.NS(=O)(=O)c1ccc(CCC2CCOCC2)c([N+](=O)[O-])c1.NS(=O)(=O)c1ccc(Cl)c([N+](=O)[O-])c1. The van der Waals surface area contributed by atoms with Gasteiger partial charge < -0.3 is 21.4 Å². The first-order valence-corrected chi connectivity index (χ1v) is 16.7. The Labute approximate surface area is 268 Å². The first kappa shape index (κ1) is 42.2. The van der Waals surface area contributed by atoms with Crippen LogP contribution in [-0.2, 0) is 35.9 Å². The Morgan fingerprint density at radius 2 is 1.20 bits per heavy atom. The molecule has 2 aromatic carbocycles. The zero-order valence-electron chi connectivity index (χ0n) is 24.0. The first-order valence-electron chi connectivity index (χ1n) is 13.3. The number of nitrogens with zero attached hydrogens (tertiary/aromatic N) is 2. The van der Waals surface area contributed by atoms with Gasteiger partial charge in [-0.05, 0) is 75.1 Å². The van der Waals surface area contributed by atoms with Gasteiger partial charge in [0.1, 0.15) is 5.02 Å². The third-order valence-corrected chi connectivity index (χ3v) is 9.00. The van der Waals surface area contributed by atoms with Gasteiger partial charge in [-0.2, -0.15) is 0 Å². The lowest BCUT2D eigenvalue weighted by atomic mass is 9.92. The molecule has 4 rings (SSSR count). The van der Waals surface area contributed by atoms with Crippen molar-refractivity contribution in [3.8, 4) is 0 Å². The van der Waals surface area contributed by atoms with Gasteiger partial charge in [-0.1, -0.05) is 25.1 Å². The number of primary sulfonamides is 2. The average Bonchev–Trinajstić information content (AvgIpc) is 2.96. The lowest BCUT2D eigenvalue weighted by molar-refractivity contribution is -0.385. The smallest absolute Gasteiger partial charge is 0.289 e. The lowest BCUT2D eigenvalue weighted by Gasteiger charge is -2.21. The molecule has 45 heavy (non-hydrogen) atoms. The molecule has 2 aliphatic heterocycles. The second-order valence-corrected chi connectivity index (χ2v) is 13.4. The number of benzene rings is 2. The molecule has 0 radical (unpaired) electrons. The van der Waals surface area contributed by atoms with Crippen LogP contribution >= 0.6 is 11.6 Å². The molecule has 19 heteroatoms. The van der Waals surface area contributed by atoms with Gasteiger partial charge in [-0.15, -0.1) is 0 Å². The zero-order valence-corrected chi connectivity index (χ0v) is 26.4. The van der Waals surface area contributed by atoms with E-state index in [0.29, 0.717) is 17.9 Å². The Bertz CT molecular complexity index is 1470. The number of halogens is 1. The predicted octanol–water partition coefficient (Wildman–Crippen LogP) is 3.67. The van der Waals surface area contributed by atoms with E-state index >= 15 is 0 Å². The van der Waals surface area contributed by atoms with Gasteiger partial charge in [0.25, 0.3) is 11.4 Å². The summed E-state index contributed by atoms with van der Waals surface area (Å²) in [4.78, 5) is 19.6. The summed E-state index contributed by atoms with van der Waals surface area (Å²) < 4.78 is 54.6. The second-order valence-electron chi connectivity index (χ2n) is 9.89. The molecule has 2 saturated heterocycles. The normalized spacial score (nSPS) is 15.6. The van der Waals surface area contributed by atoms with E-state index < -0.39 is 35.6 Å². The van der Waals surface area contributed by atoms with Crippen LogP contribution in [0.5, 0.6) is 0 Å². The summed E-state index contributed by atoms with van der Waals surface area (Å²) in [6, 6.07) is 6.87. The van der Waals surface area contributed by atoms with E-state index in [9.17, 15) is 37.1 Å². The molecular formula is C26H43ClN6O10S2. The van der Waals surface area contributed by atoms with Crippen LogP contribution in [0.1, 0.15) is 45.1 Å². The number of nitro groups is 2. The maximum Gasteiger partial charge on any atom is 0.289 e. The molecule has 0 amide bonds. The number of ether oxygens (including phenoxy) is 2. The van der Waals surface area contributed by atoms with E-state index in [1.165, 1.54) is 12.1 Å². The largest absolute Gasteiger partial charge is 0.381 e. The van der Waals surface area contributed by atoms with Gasteiger partial charge in [0, 0.05) is 44.1 Å². The van der Waals surface area contributed by atoms with E-state index in [0.717, 1.165) is 95.3 Å². The van der Waals surface area contributed by atoms with Crippen LogP contribution < -0.4 is 22.2 Å². The van der Waals surface area contributed by atoms with Crippen LogP contribution in [0.4, 0.5) is 11.4 Å². The van der Waals surface area contributed by atoms with Crippen LogP contribution in [0, 0.1) is 32.1 Å². The molecule has 2 fully saturated rings. The summed E-state index contributed by atoms with van der Waals surface area (Å²) in [7, 11) is -7.87. The Morgan fingerprint density at radius 3 is 1.60 bits per heavy atom. The molecule has 2 aliphatic rings. The molecule has 2 aromatic rings. The monoisotopic (exact) mass is 698 g/mol. The number of hydrogen-bond acceptors (Lipinski definition) is 12. The highest BCUT2D eigenvalue weighted by Gasteiger charge is 2.21. The lowest BCUT2D eigenvalue weighted by Crippen LogP contribution is -2.22. The van der Waals surface area contributed by atoms with E-state index in [1.54, 1.807) is 0 Å². The minimum Gasteiger partial charge on any atom is -0.381 e. The standard InChI is InChI=1S/C13H18N2O5S.C6H5ClN2O4S.C6H13NO.CH4.H3N/c14-21(18,19)12-4-3-11(13(9-12)15(16)17)2-1-10-5-7-20-8-6-10;7-5-2-1-4(14(8,12)13)3-6(5)9(10)11;7-5-6-1-3-8-4-2-6;;/h3-4,9-10H,1-2,5-8H2,(H2,14,18,19);1-3H,(H2,8,12,13);6H,1-5,7H2;1H4;1H3. The number of hydrogen-bond donors (Lipinski definition) is 4. The Hall–Kier alpha value is -2.81. The van der Waals surface area contributed by atoms with Gasteiger partial charge in [0.15, 0.2) is 0 Å². The van der Waals surface area contributed by atoms with Gasteiger partial charge in [-0.25, -0.2) is 27.1 Å². The fraction of sp³-hybridized carbons (Fsp3) is 0.538. The predicted molar refractivity (Wildman–Crippen MR) is 170 cm³/mol. The van der Waals surface area contributed by atoms with Crippen molar-refractivity contribution in [3.63, 3.8) is 0 Å². The van der Waals surface area contributed by atoms with Gasteiger partial charge in [0.2, 0.25) is 20.0 Å². The minimum absolute atomic E-state index is 0. The molecule has 0 atom stereocenters. The molecule has 16 nitrogen and oxygen atoms in total. The van der Waals surface area contributed by atoms with Crippen molar-refractivity contribution in [1.29, 1.82) is 0 Å². The number of rotatable bonds is 8. The van der Waals surface area contributed by atoms with Crippen molar-refractivity contribution >= 4 is 43.0 Å². The van der Waals surface area contributed by atoms with Crippen LogP contribution in [0.25, 0.3) is 0 Å². The number of nitrogens with two attached hydrogens (primary N) is 3. The zero-order chi connectivity index (χ0) is 32.2. The molecule has 0 aliphatic carbocycles. The van der Waals surface area contributed by atoms with Crippen molar-refractivity contribution < 1.29 is 36.2 Å². The molecule has 0 unspecified atom stereocenters. The maximum atomic E-state index is 11.3. The number of aryl methyl sites for hydroxylation is 1. The second kappa shape index (κ2) is 19.6. The molecule has 256 valence electrons. The van der Waals surface area contributed by atoms with Crippen LogP contribution in [-0.4, -0.2) is 59.7 Å². The highest BCUT2D eigenvalue weighted by Crippen LogP contribution is 2.28. The summed E-state index contributed by atoms with van der Waals surface area (Å²) in [6.45, 7) is 4.14. The Balaban J connectivity index is 0.000000697. The maximum absolute atomic E-state index is 11.3. The average molecular weight is 699 g/mol. The van der Waals surface area contributed by atoms with E-state index in [-0.39, 0.29) is 34.1 Å². The molecule has 0 aromatic heterocycles. The highest BCUT2D eigenvalue weighted by molar-refractivity contribution is 7.89. The molecular weight excluding hydrogens is 656 g/mol. The summed E-state index contributed by atoms with van der Waals surface area (Å²) >= 11 is 5.46. The summed E-state index contributed by atoms with van der Waals surface area (Å²) in [5.74, 6) is 1.24. The molecule has 0 saturated carbocycles. The highest BCUT2D eigenvalue weighted by atomic mass is 35.5. The fourth-order valence-electron chi connectivity index (χ4n) is 4.29. The summed E-state index contributed by atoms with van der Waals surface area (Å²) in [5.41, 5.74) is 5.31. The molecule has 0 spiro atoms. The summed E-state index contributed by atoms with van der Waals surface area (Å²) in [5, 5.41) is 31.1. The Morgan fingerprint density at radius 1 is 0.778 bits per heavy atom. The van der Waals surface area contributed by atoms with Gasteiger partial charge in [0.05, 0.1) is 19.6 Å². The quantitative estimate of drug-likeness (QED) is 0.227. The topological polar surface area (TPSA) is 286 Å². The first-order chi connectivity index (χ1) is 20.1. The van der Waals surface area contributed by atoms with Crippen molar-refractivity contribution in [3.05, 3.63) is 67.2 Å². The van der Waals surface area contributed by atoms with Crippen LogP contribution in [0.15, 0.2) is 46.2 Å². The van der Waals surface area contributed by atoms with Gasteiger partial charge in [-0.3, -0.25) is 20.2 Å². The van der Waals surface area contributed by atoms with Crippen molar-refractivity contribution in [2.75, 3.05) is 33.0 Å². The Kier molecular flexibility index (Phi) is 18.4. The fourth-order valence-corrected chi connectivity index (χ4v) is 5.54. The van der Waals surface area contributed by atoms with Crippen LogP contribution in [0.2, 0.25) is 5.02 Å². The summed E-state index contributed by atoms with van der Waals surface area (Å²) in [6.07, 6.45) is 5.63. The van der Waals surface area contributed by atoms with Crippen molar-refractivity contribution in [1.82, 2.24) is 6.15 Å². The molecule has 2 heterocycles. The van der Waals surface area contributed by atoms with E-state index in [2.05, 4.69) is 0 Å². The third-order valence-electron chi connectivity index (χ3n) is 6.86. The van der Waals surface area contributed by atoms with Crippen molar-refractivity contribution in [2.45, 2.75) is 55.7 Å². The minimum atomic E-state index is -3.94. The van der Waals surface area contributed by atoms with Crippen LogP contribution in [0.3, 0.4) is 0 Å². The molecule has 0 bridgehead atoms. The molecule has 9 N–H and O–H groups in total. The third kappa shape index (κ3) is 14.4. The van der Waals surface area contributed by atoms with Gasteiger partial charge >= 0.3 is 0 Å².